The van der Waals surface area contributed by atoms with Gasteiger partial charge in [-0.1, -0.05) is 23.7 Å². The molecule has 2 atom stereocenters. The summed E-state index contributed by atoms with van der Waals surface area (Å²) < 4.78 is 0. The normalized spacial score (nSPS) is 27.4. The molecule has 0 saturated carbocycles. The molecule has 2 bridgehead atoms. The smallest absolute Gasteiger partial charge is 0.322 e. The summed E-state index contributed by atoms with van der Waals surface area (Å²) in [6.45, 7) is 2.76. The molecule has 2 unspecified atom stereocenters. The molecular weight excluding hydrogens is 286 g/mol. The number of hydrogen-bond donors (Lipinski definition) is 2. The number of carbonyl (C=O) groups is 1. The number of benzene rings is 1. The number of halogens is 1. The van der Waals surface area contributed by atoms with Crippen LogP contribution in [0.2, 0.25) is 5.02 Å². The highest BCUT2D eigenvalue weighted by Crippen LogP contribution is 2.30. The van der Waals surface area contributed by atoms with Gasteiger partial charge in [-0.15, -0.1) is 0 Å². The Morgan fingerprint density at radius 3 is 2.62 bits per heavy atom. The van der Waals surface area contributed by atoms with Gasteiger partial charge in [0.1, 0.15) is 0 Å². The van der Waals surface area contributed by atoms with Crippen molar-refractivity contribution in [2.24, 2.45) is 0 Å². The molecule has 3 rings (SSSR count). The van der Waals surface area contributed by atoms with E-state index in [0.29, 0.717) is 28.8 Å². The zero-order chi connectivity index (χ0) is 14.8. The minimum Gasteiger partial charge on any atom is -0.322 e. The number of rotatable bonds is 3. The fraction of sp³-hybridized carbons (Fsp3) is 0.562. The van der Waals surface area contributed by atoms with Crippen molar-refractivity contribution >= 4 is 23.3 Å². The molecule has 2 saturated heterocycles. The third kappa shape index (κ3) is 3.16. The van der Waals surface area contributed by atoms with E-state index in [9.17, 15) is 4.79 Å². The molecule has 114 valence electrons. The number of hydrogen-bond acceptors (Lipinski definition) is 2. The second-order valence-corrected chi connectivity index (χ2v) is 6.37. The Kier molecular flexibility index (Phi) is 4.36. The Hall–Kier alpha value is -1.26. The molecule has 4 nitrogen and oxygen atoms in total. The number of urea groups is 1. The summed E-state index contributed by atoms with van der Waals surface area (Å²) in [5.41, 5.74) is 0.680. The van der Waals surface area contributed by atoms with Gasteiger partial charge >= 0.3 is 6.03 Å². The van der Waals surface area contributed by atoms with Gasteiger partial charge in [-0.2, -0.15) is 0 Å². The molecule has 2 aliphatic heterocycles. The van der Waals surface area contributed by atoms with E-state index in [1.54, 1.807) is 6.07 Å². The van der Waals surface area contributed by atoms with Crippen molar-refractivity contribution in [2.45, 2.75) is 50.7 Å². The molecule has 2 aliphatic rings. The number of amides is 2. The predicted octanol–water partition coefficient (Wildman–Crippen LogP) is 3.48. The van der Waals surface area contributed by atoms with Crippen molar-refractivity contribution in [1.29, 1.82) is 0 Å². The SMILES string of the molecule is CCN(C(=O)Nc1ccccc1Cl)C1CC2CCC(C1)N2. The molecule has 2 N–H and O–H groups in total. The second kappa shape index (κ2) is 6.24. The number of anilines is 1. The molecule has 21 heavy (non-hydrogen) atoms. The van der Waals surface area contributed by atoms with E-state index in [1.165, 1.54) is 12.8 Å². The lowest BCUT2D eigenvalue weighted by atomic mass is 9.98. The van der Waals surface area contributed by atoms with Crippen molar-refractivity contribution in [2.75, 3.05) is 11.9 Å². The largest absolute Gasteiger partial charge is 0.322 e. The monoisotopic (exact) mass is 307 g/mol. The van der Waals surface area contributed by atoms with E-state index in [-0.39, 0.29) is 6.03 Å². The standard InChI is InChI=1S/C16H22ClN3O/c1-2-20(13-9-11-7-8-12(10-13)18-11)16(21)19-15-6-4-3-5-14(15)17/h3-6,11-13,18H,2,7-10H2,1H3,(H,19,21). The highest BCUT2D eigenvalue weighted by Gasteiger charge is 2.37. The predicted molar refractivity (Wildman–Crippen MR) is 85.8 cm³/mol. The number of para-hydroxylation sites is 1. The third-order valence-corrected chi connectivity index (χ3v) is 4.94. The molecule has 5 heteroatoms. The first-order chi connectivity index (χ1) is 10.2. The number of piperidine rings is 1. The summed E-state index contributed by atoms with van der Waals surface area (Å²) >= 11 is 6.12. The molecule has 0 aromatic heterocycles. The summed E-state index contributed by atoms with van der Waals surface area (Å²) in [6.07, 6.45) is 4.59. The Morgan fingerprint density at radius 1 is 1.33 bits per heavy atom. The van der Waals surface area contributed by atoms with Gasteiger partial charge in [0.2, 0.25) is 0 Å². The van der Waals surface area contributed by atoms with Crippen molar-refractivity contribution in [1.82, 2.24) is 10.2 Å². The first kappa shape index (κ1) is 14.7. The van der Waals surface area contributed by atoms with Crippen molar-refractivity contribution in [3.63, 3.8) is 0 Å². The number of nitrogens with one attached hydrogen (secondary N) is 2. The maximum Gasteiger partial charge on any atom is 0.322 e. The maximum absolute atomic E-state index is 12.6. The van der Waals surface area contributed by atoms with E-state index in [4.69, 9.17) is 11.6 Å². The van der Waals surface area contributed by atoms with Crippen LogP contribution in [-0.4, -0.2) is 35.6 Å². The molecule has 0 aliphatic carbocycles. The molecule has 2 heterocycles. The fourth-order valence-corrected chi connectivity index (χ4v) is 3.78. The van der Waals surface area contributed by atoms with E-state index < -0.39 is 0 Å². The summed E-state index contributed by atoms with van der Waals surface area (Å²) in [6, 6.07) is 8.81. The van der Waals surface area contributed by atoms with Gasteiger partial charge in [-0.25, -0.2) is 4.79 Å². The van der Waals surface area contributed by atoms with Gasteiger partial charge in [-0.3, -0.25) is 0 Å². The van der Waals surface area contributed by atoms with Crippen LogP contribution >= 0.6 is 11.6 Å². The van der Waals surface area contributed by atoms with E-state index in [1.807, 2.05) is 30.0 Å². The number of fused-ring (bicyclic) bond motifs is 2. The van der Waals surface area contributed by atoms with Crippen molar-refractivity contribution < 1.29 is 4.79 Å². The van der Waals surface area contributed by atoms with Crippen LogP contribution in [-0.2, 0) is 0 Å². The average Bonchev–Trinajstić information content (AvgIpc) is 2.81. The number of carbonyl (C=O) groups excluding carboxylic acids is 1. The van der Waals surface area contributed by atoms with Crippen LogP contribution < -0.4 is 10.6 Å². The zero-order valence-corrected chi connectivity index (χ0v) is 13.1. The van der Waals surface area contributed by atoms with Crippen molar-refractivity contribution in [3.05, 3.63) is 29.3 Å². The lowest BCUT2D eigenvalue weighted by molar-refractivity contribution is 0.162. The summed E-state index contributed by atoms with van der Waals surface area (Å²) in [4.78, 5) is 14.5. The van der Waals surface area contributed by atoms with Crippen LogP contribution in [0.4, 0.5) is 10.5 Å². The molecule has 1 aromatic carbocycles. The molecule has 2 amide bonds. The lowest BCUT2D eigenvalue weighted by Crippen LogP contribution is -2.51. The topological polar surface area (TPSA) is 44.4 Å². The van der Waals surface area contributed by atoms with Gasteiger partial charge in [0.25, 0.3) is 0 Å². The Labute approximate surface area is 130 Å². The van der Waals surface area contributed by atoms with Crippen LogP contribution in [0.3, 0.4) is 0 Å². The van der Waals surface area contributed by atoms with Crippen molar-refractivity contribution in [3.8, 4) is 0 Å². The van der Waals surface area contributed by atoms with Crippen LogP contribution in [0.1, 0.15) is 32.6 Å². The molecule has 0 spiro atoms. The molecular formula is C16H22ClN3O. The molecule has 2 fully saturated rings. The highest BCUT2D eigenvalue weighted by molar-refractivity contribution is 6.33. The first-order valence-electron chi connectivity index (χ1n) is 7.75. The van der Waals surface area contributed by atoms with E-state index in [0.717, 1.165) is 19.4 Å². The molecule has 0 radical (unpaired) electrons. The minimum atomic E-state index is -0.0445. The van der Waals surface area contributed by atoms with Crippen LogP contribution in [0, 0.1) is 0 Å². The first-order valence-corrected chi connectivity index (χ1v) is 8.13. The summed E-state index contributed by atoms with van der Waals surface area (Å²) in [7, 11) is 0. The fourth-order valence-electron chi connectivity index (χ4n) is 3.60. The number of nitrogens with zero attached hydrogens (tertiary/aromatic N) is 1. The van der Waals surface area contributed by atoms with Gasteiger partial charge in [0.05, 0.1) is 10.7 Å². The van der Waals surface area contributed by atoms with E-state index in [2.05, 4.69) is 10.6 Å². The van der Waals surface area contributed by atoms with Crippen LogP contribution in [0.25, 0.3) is 0 Å². The average molecular weight is 308 g/mol. The highest BCUT2D eigenvalue weighted by atomic mass is 35.5. The second-order valence-electron chi connectivity index (χ2n) is 5.96. The van der Waals surface area contributed by atoms with Gasteiger partial charge in [-0.05, 0) is 44.7 Å². The summed E-state index contributed by atoms with van der Waals surface area (Å²) in [5.74, 6) is 0. The third-order valence-electron chi connectivity index (χ3n) is 4.61. The maximum atomic E-state index is 12.6. The Morgan fingerprint density at radius 2 is 2.00 bits per heavy atom. The van der Waals surface area contributed by atoms with E-state index >= 15 is 0 Å². The van der Waals surface area contributed by atoms with Crippen LogP contribution in [0.5, 0.6) is 0 Å². The van der Waals surface area contributed by atoms with Gasteiger partial charge in [0.15, 0.2) is 0 Å². The summed E-state index contributed by atoms with van der Waals surface area (Å²) in [5, 5.41) is 7.14. The minimum absolute atomic E-state index is 0.0445. The Balaban J connectivity index is 1.68. The zero-order valence-electron chi connectivity index (χ0n) is 12.3. The molecule has 1 aromatic rings. The quantitative estimate of drug-likeness (QED) is 0.898. The van der Waals surface area contributed by atoms with Crippen LogP contribution in [0.15, 0.2) is 24.3 Å². The van der Waals surface area contributed by atoms with Gasteiger partial charge in [0, 0.05) is 24.7 Å². The lowest BCUT2D eigenvalue weighted by Gasteiger charge is -2.37. The Bertz CT molecular complexity index is 510. The van der Waals surface area contributed by atoms with Gasteiger partial charge < -0.3 is 15.5 Å².